The molecule has 1 aromatic carbocycles. The fraction of sp³-hybridized carbons (Fsp3) is 0.333. The number of halogens is 1. The van der Waals surface area contributed by atoms with Gasteiger partial charge in [0.05, 0.1) is 5.40 Å². The maximum Gasteiger partial charge on any atom is 0.220 e. The number of alkyl halides is 1. The summed E-state index contributed by atoms with van der Waals surface area (Å²) in [6, 6.07) is 3.73. The number of phenolic OH excluding ortho intramolecular Hbond substituents is 1. The first-order chi connectivity index (χ1) is 6.09. The van der Waals surface area contributed by atoms with E-state index in [2.05, 4.69) is 12.1 Å². The summed E-state index contributed by atoms with van der Waals surface area (Å²) in [5.41, 5.74) is 3.05. The normalized spacial score (nSPS) is 19.9. The van der Waals surface area contributed by atoms with Crippen LogP contribution in [0.1, 0.15) is 5.56 Å². The Morgan fingerprint density at radius 3 is 2.92 bits per heavy atom. The second-order valence-electron chi connectivity index (χ2n) is 3.56. The molecule has 0 saturated heterocycles. The zero-order valence-corrected chi connectivity index (χ0v) is 8.39. The smallest absolute Gasteiger partial charge is 0.220 e. The summed E-state index contributed by atoms with van der Waals surface area (Å²) >= 11 is 6.04. The van der Waals surface area contributed by atoms with Crippen LogP contribution in [-0.2, 0) is 0 Å². The molecule has 0 aromatic heterocycles. The molecule has 2 nitrogen and oxygen atoms in total. The number of hydrogen-bond acceptors (Lipinski definition) is 2. The predicted octanol–water partition coefficient (Wildman–Crippen LogP) is 1.56. The summed E-state index contributed by atoms with van der Waals surface area (Å²) in [5.74, 6) is 0.323. The van der Waals surface area contributed by atoms with Gasteiger partial charge in [0, 0.05) is 11.8 Å². The van der Waals surface area contributed by atoms with E-state index in [1.54, 1.807) is 6.07 Å². The van der Waals surface area contributed by atoms with Gasteiger partial charge in [-0.1, -0.05) is 18.4 Å². The fourth-order valence-corrected chi connectivity index (χ4v) is 1.91. The average Bonchev–Trinajstić information content (AvgIpc) is 2.32. The third-order valence-electron chi connectivity index (χ3n) is 2.59. The first-order valence-corrected chi connectivity index (χ1v) is 4.77. The minimum atomic E-state index is -0.0591. The SMILES string of the molecule is CB1c2cc(C)c(O)cc2NC1Cl. The van der Waals surface area contributed by atoms with E-state index in [1.165, 1.54) is 5.46 Å². The molecule has 0 bridgehead atoms. The summed E-state index contributed by atoms with van der Waals surface area (Å²) in [5, 5.41) is 12.5. The molecule has 0 aliphatic carbocycles. The van der Waals surface area contributed by atoms with Crippen LogP contribution in [0.2, 0.25) is 6.82 Å². The Balaban J connectivity index is 2.53. The van der Waals surface area contributed by atoms with Crippen LogP contribution in [0.4, 0.5) is 5.69 Å². The van der Waals surface area contributed by atoms with Crippen LogP contribution in [-0.4, -0.2) is 17.2 Å². The molecule has 0 radical (unpaired) electrons. The molecule has 1 aromatic rings. The Hall–Kier alpha value is -0.825. The van der Waals surface area contributed by atoms with Crippen molar-refractivity contribution in [3.05, 3.63) is 17.7 Å². The maximum atomic E-state index is 9.47. The number of anilines is 1. The number of benzene rings is 1. The summed E-state index contributed by atoms with van der Waals surface area (Å²) < 4.78 is 0. The highest BCUT2D eigenvalue weighted by Crippen LogP contribution is 2.26. The second kappa shape index (κ2) is 2.84. The van der Waals surface area contributed by atoms with Gasteiger partial charge in [0.1, 0.15) is 5.75 Å². The van der Waals surface area contributed by atoms with Crippen LogP contribution < -0.4 is 10.8 Å². The van der Waals surface area contributed by atoms with Crippen molar-refractivity contribution in [2.24, 2.45) is 0 Å². The Labute approximate surface area is 83.0 Å². The molecule has 4 heteroatoms. The largest absolute Gasteiger partial charge is 0.508 e. The van der Waals surface area contributed by atoms with Gasteiger partial charge in [-0.25, -0.2) is 0 Å². The molecular weight excluding hydrogens is 184 g/mol. The highest BCUT2D eigenvalue weighted by Gasteiger charge is 2.30. The van der Waals surface area contributed by atoms with E-state index in [4.69, 9.17) is 11.6 Å². The number of aryl methyl sites for hydroxylation is 1. The van der Waals surface area contributed by atoms with Gasteiger partial charge in [-0.3, -0.25) is 0 Å². The number of nitrogens with one attached hydrogen (secondary N) is 1. The Morgan fingerprint density at radius 1 is 1.54 bits per heavy atom. The van der Waals surface area contributed by atoms with Gasteiger partial charge < -0.3 is 10.4 Å². The first-order valence-electron chi connectivity index (χ1n) is 4.33. The molecule has 68 valence electrons. The molecule has 13 heavy (non-hydrogen) atoms. The molecular formula is C9H11BClNO. The monoisotopic (exact) mass is 195 g/mol. The molecule has 0 amide bonds. The van der Waals surface area contributed by atoms with E-state index >= 15 is 0 Å². The molecule has 1 aliphatic heterocycles. The first kappa shape index (κ1) is 8.76. The van der Waals surface area contributed by atoms with Crippen LogP contribution in [0.25, 0.3) is 0 Å². The van der Waals surface area contributed by atoms with Crippen molar-refractivity contribution < 1.29 is 5.11 Å². The third-order valence-corrected chi connectivity index (χ3v) is 3.08. The topological polar surface area (TPSA) is 32.3 Å². The summed E-state index contributed by atoms with van der Waals surface area (Å²) in [7, 11) is 0. The van der Waals surface area contributed by atoms with Crippen molar-refractivity contribution in [3.8, 4) is 5.75 Å². The highest BCUT2D eigenvalue weighted by molar-refractivity contribution is 6.83. The summed E-state index contributed by atoms with van der Waals surface area (Å²) in [6.45, 7) is 4.27. The van der Waals surface area contributed by atoms with E-state index < -0.39 is 0 Å². The summed E-state index contributed by atoms with van der Waals surface area (Å²) in [6.07, 6.45) is 0. The number of rotatable bonds is 0. The molecule has 1 heterocycles. The Morgan fingerprint density at radius 2 is 2.23 bits per heavy atom. The minimum absolute atomic E-state index is 0.0591. The van der Waals surface area contributed by atoms with Gasteiger partial charge in [-0.2, -0.15) is 0 Å². The van der Waals surface area contributed by atoms with Crippen LogP contribution >= 0.6 is 11.6 Å². The maximum absolute atomic E-state index is 9.47. The average molecular weight is 195 g/mol. The van der Waals surface area contributed by atoms with Crippen LogP contribution in [0, 0.1) is 6.92 Å². The quantitative estimate of drug-likeness (QED) is 0.374. The molecule has 0 fully saturated rings. The number of hydrogen-bond donors (Lipinski definition) is 2. The van der Waals surface area contributed by atoms with Crippen molar-refractivity contribution in [2.45, 2.75) is 19.1 Å². The lowest BCUT2D eigenvalue weighted by atomic mass is 9.48. The van der Waals surface area contributed by atoms with E-state index in [9.17, 15) is 5.11 Å². The van der Waals surface area contributed by atoms with E-state index in [0.717, 1.165) is 11.3 Å². The third kappa shape index (κ3) is 1.27. The zero-order chi connectivity index (χ0) is 9.59. The van der Waals surface area contributed by atoms with E-state index in [0.29, 0.717) is 12.5 Å². The number of fused-ring (bicyclic) bond motifs is 1. The van der Waals surface area contributed by atoms with Crippen LogP contribution in [0.15, 0.2) is 12.1 Å². The van der Waals surface area contributed by atoms with Gasteiger partial charge in [0.15, 0.2) is 0 Å². The van der Waals surface area contributed by atoms with Gasteiger partial charge in [-0.05, 0) is 12.5 Å². The molecule has 2 N–H and O–H groups in total. The highest BCUT2D eigenvalue weighted by atomic mass is 35.5. The molecule has 1 aliphatic rings. The van der Waals surface area contributed by atoms with Gasteiger partial charge in [0.25, 0.3) is 0 Å². The minimum Gasteiger partial charge on any atom is -0.508 e. The molecule has 2 rings (SSSR count). The Kier molecular flexibility index (Phi) is 1.92. The van der Waals surface area contributed by atoms with Crippen molar-refractivity contribution in [1.29, 1.82) is 0 Å². The molecule has 1 atom stereocenters. The second-order valence-corrected chi connectivity index (χ2v) is 4.03. The van der Waals surface area contributed by atoms with Crippen molar-refractivity contribution in [1.82, 2.24) is 0 Å². The lowest BCUT2D eigenvalue weighted by Gasteiger charge is -2.04. The van der Waals surface area contributed by atoms with Gasteiger partial charge in [-0.15, -0.1) is 11.6 Å². The van der Waals surface area contributed by atoms with Crippen molar-refractivity contribution in [3.63, 3.8) is 0 Å². The van der Waals surface area contributed by atoms with Crippen LogP contribution in [0.5, 0.6) is 5.75 Å². The van der Waals surface area contributed by atoms with Crippen LogP contribution in [0.3, 0.4) is 0 Å². The standard InChI is InChI=1S/C9H11BClNO/c1-5-3-6-7(4-8(5)13)12-9(11)10(6)2/h3-4,9,12-13H,1-2H3. The van der Waals surface area contributed by atoms with Crippen molar-refractivity contribution >= 4 is 29.5 Å². The molecule has 1 unspecified atom stereocenters. The molecule has 0 saturated carbocycles. The Bertz CT molecular complexity index is 356. The van der Waals surface area contributed by atoms with E-state index in [-0.39, 0.29) is 5.40 Å². The predicted molar refractivity (Wildman–Crippen MR) is 57.4 cm³/mol. The van der Waals surface area contributed by atoms with E-state index in [1.807, 2.05) is 13.0 Å². The van der Waals surface area contributed by atoms with Gasteiger partial charge >= 0.3 is 0 Å². The lowest BCUT2D eigenvalue weighted by Crippen LogP contribution is -2.31. The fourth-order valence-electron chi connectivity index (χ4n) is 1.65. The van der Waals surface area contributed by atoms with Crippen molar-refractivity contribution in [2.75, 3.05) is 5.32 Å². The number of phenols is 1. The lowest BCUT2D eigenvalue weighted by molar-refractivity contribution is 0.471. The summed E-state index contributed by atoms with van der Waals surface area (Å²) in [4.78, 5) is 0. The zero-order valence-electron chi connectivity index (χ0n) is 7.63. The molecule has 0 spiro atoms. The van der Waals surface area contributed by atoms with Gasteiger partial charge in [0.2, 0.25) is 6.71 Å². The number of aromatic hydroxyl groups is 1.